The van der Waals surface area contributed by atoms with Crippen LogP contribution in [-0.2, 0) is 9.84 Å². The molecule has 5 nitrogen and oxygen atoms in total. The summed E-state index contributed by atoms with van der Waals surface area (Å²) in [5.74, 6) is -0.197. The van der Waals surface area contributed by atoms with E-state index in [9.17, 15) is 13.2 Å². The van der Waals surface area contributed by atoms with Crippen molar-refractivity contribution < 1.29 is 18.5 Å². The van der Waals surface area contributed by atoms with Crippen LogP contribution in [0.3, 0.4) is 0 Å². The Kier molecular flexibility index (Phi) is 5.44. The lowest BCUT2D eigenvalue weighted by molar-refractivity contribution is -0.719. The molecular formula is C11H14Cl3N2O3S2+. The molecule has 1 aromatic rings. The second kappa shape index (κ2) is 6.60. The Balaban J connectivity index is 2.04. The summed E-state index contributed by atoms with van der Waals surface area (Å²) in [5.41, 5.74) is 0. The summed E-state index contributed by atoms with van der Waals surface area (Å²) >= 11 is 19.0. The Bertz CT molecular complexity index is 599. The quantitative estimate of drug-likeness (QED) is 0.591. The van der Waals surface area contributed by atoms with Crippen molar-refractivity contribution in [3.63, 3.8) is 0 Å². The first-order chi connectivity index (χ1) is 9.67. The topological polar surface area (TPSA) is 79.8 Å². The van der Waals surface area contributed by atoms with Gasteiger partial charge in [0.05, 0.1) is 10.6 Å². The van der Waals surface area contributed by atoms with Crippen LogP contribution in [0.15, 0.2) is 17.5 Å². The van der Waals surface area contributed by atoms with Crippen LogP contribution >= 0.6 is 46.1 Å². The Hall–Kier alpha value is -0.0500. The van der Waals surface area contributed by atoms with Crippen LogP contribution in [0.4, 0.5) is 0 Å². The Morgan fingerprint density at radius 2 is 2.19 bits per heavy atom. The number of nitrogens with one attached hydrogen (secondary N) is 1. The number of carbonyl (C=O) groups is 1. The average Bonchev–Trinajstić information content (AvgIpc) is 2.96. The monoisotopic (exact) mass is 391 g/mol. The first-order valence-electron chi connectivity index (χ1n) is 6.14. The molecular weight excluding hydrogens is 379 g/mol. The number of thiophene rings is 1. The van der Waals surface area contributed by atoms with Crippen molar-refractivity contribution in [2.45, 2.75) is 22.4 Å². The molecule has 2 atom stereocenters. The van der Waals surface area contributed by atoms with E-state index in [4.69, 9.17) is 34.8 Å². The summed E-state index contributed by atoms with van der Waals surface area (Å²) in [5, 5.41) is 6.02. The van der Waals surface area contributed by atoms with Gasteiger partial charge in [-0.1, -0.05) is 40.9 Å². The number of rotatable bonds is 4. The first kappa shape index (κ1) is 17.3. The lowest BCUT2D eigenvalue weighted by atomic mass is 10.2. The van der Waals surface area contributed by atoms with Crippen molar-refractivity contribution in [1.29, 1.82) is 0 Å². The highest BCUT2D eigenvalue weighted by molar-refractivity contribution is 7.91. The van der Waals surface area contributed by atoms with Gasteiger partial charge in [0.1, 0.15) is 11.8 Å². The van der Waals surface area contributed by atoms with E-state index in [1.54, 1.807) is 22.8 Å². The van der Waals surface area contributed by atoms with Gasteiger partial charge in [-0.3, -0.25) is 10.1 Å². The molecule has 0 spiro atoms. The number of sulfone groups is 1. The van der Waals surface area contributed by atoms with E-state index in [1.165, 1.54) is 11.3 Å². The van der Waals surface area contributed by atoms with E-state index in [-0.39, 0.29) is 23.5 Å². The highest BCUT2D eigenvalue weighted by Gasteiger charge is 2.42. The maximum Gasteiger partial charge on any atom is 0.265 e. The fraction of sp³-hybridized carbons (Fsp3) is 0.545. The minimum Gasteiger partial charge on any atom is -0.320 e. The number of hydrogen-bond donors (Lipinski definition) is 2. The van der Waals surface area contributed by atoms with Gasteiger partial charge >= 0.3 is 0 Å². The second-order valence-electron chi connectivity index (χ2n) is 4.83. The Labute approximate surface area is 141 Å². The van der Waals surface area contributed by atoms with Gasteiger partial charge in [-0.25, -0.2) is 8.42 Å². The number of alkyl halides is 3. The van der Waals surface area contributed by atoms with E-state index in [2.05, 4.69) is 5.32 Å². The van der Waals surface area contributed by atoms with Gasteiger partial charge in [0.2, 0.25) is 6.17 Å². The molecule has 1 aliphatic rings. The van der Waals surface area contributed by atoms with Crippen LogP contribution in [-0.4, -0.2) is 41.8 Å². The molecule has 2 rings (SSSR count). The Morgan fingerprint density at radius 3 is 2.67 bits per heavy atom. The first-order valence-corrected chi connectivity index (χ1v) is 9.97. The van der Waals surface area contributed by atoms with Gasteiger partial charge in [-0.15, -0.1) is 11.3 Å². The van der Waals surface area contributed by atoms with E-state index >= 15 is 0 Å². The third-order valence-corrected chi connectivity index (χ3v) is 6.48. The molecule has 0 saturated carbocycles. The highest BCUT2D eigenvalue weighted by atomic mass is 35.6. The fourth-order valence-electron chi connectivity index (χ4n) is 2.11. The van der Waals surface area contributed by atoms with Crippen LogP contribution in [0.25, 0.3) is 0 Å². The van der Waals surface area contributed by atoms with Crippen molar-refractivity contribution in [2.24, 2.45) is 0 Å². The third-order valence-electron chi connectivity index (χ3n) is 3.12. The number of carbonyl (C=O) groups excluding carboxylic acids is 1. The molecule has 0 unspecified atom stereocenters. The van der Waals surface area contributed by atoms with Gasteiger partial charge in [0, 0.05) is 6.42 Å². The second-order valence-corrected chi connectivity index (χ2v) is 10.4. The zero-order valence-corrected chi connectivity index (χ0v) is 14.7. The molecule has 21 heavy (non-hydrogen) atoms. The Morgan fingerprint density at radius 1 is 1.48 bits per heavy atom. The van der Waals surface area contributed by atoms with E-state index < -0.39 is 19.8 Å². The molecule has 1 saturated heterocycles. The van der Waals surface area contributed by atoms with Gasteiger partial charge < -0.3 is 5.32 Å². The van der Waals surface area contributed by atoms with Crippen LogP contribution in [0.2, 0.25) is 0 Å². The predicted octanol–water partition coefficient (Wildman–Crippen LogP) is 0.925. The van der Waals surface area contributed by atoms with Crippen molar-refractivity contribution in [2.75, 3.05) is 11.5 Å². The molecule has 118 valence electrons. The van der Waals surface area contributed by atoms with Crippen molar-refractivity contribution >= 4 is 61.9 Å². The standard InChI is InChI=1S/C11H13Cl3N2O3S2/c12-11(13,14)10(15-7-3-5-21(18,19)6-7)16-9(17)8-2-1-4-20-8/h1-2,4,7,10,15H,3,5-6H2,(H,16,17)/p+1/t7-,10-/m0/s1. The highest BCUT2D eigenvalue weighted by Crippen LogP contribution is 2.28. The number of halogens is 3. The minimum absolute atomic E-state index is 0.0269. The fourth-order valence-corrected chi connectivity index (χ4v) is 4.87. The van der Waals surface area contributed by atoms with E-state index in [0.717, 1.165) is 0 Å². The molecule has 0 radical (unpaired) electrons. The van der Waals surface area contributed by atoms with Gasteiger partial charge in [-0.05, 0) is 11.4 Å². The summed E-state index contributed by atoms with van der Waals surface area (Å²) in [6.07, 6.45) is -0.371. The lowest BCUT2D eigenvalue weighted by Gasteiger charge is -2.25. The number of quaternary nitrogens is 1. The van der Waals surface area contributed by atoms with Crippen LogP contribution in [0, 0.1) is 0 Å². The molecule has 1 aliphatic heterocycles. The summed E-state index contributed by atoms with van der Waals surface area (Å²) in [6, 6.07) is 3.19. The third kappa shape index (κ3) is 4.97. The van der Waals surface area contributed by atoms with Crippen molar-refractivity contribution in [1.82, 2.24) is 5.32 Å². The lowest BCUT2D eigenvalue weighted by Crippen LogP contribution is -3.00. The molecule has 1 fully saturated rings. The van der Waals surface area contributed by atoms with E-state index in [0.29, 0.717) is 11.3 Å². The molecule has 10 heteroatoms. The molecule has 3 N–H and O–H groups in total. The van der Waals surface area contributed by atoms with Crippen LogP contribution in [0.5, 0.6) is 0 Å². The number of hydrogen-bond acceptors (Lipinski definition) is 4. The minimum atomic E-state index is -3.03. The molecule has 1 amide bonds. The summed E-state index contributed by atoms with van der Waals surface area (Å²) in [7, 11) is -3.03. The molecule has 0 aliphatic carbocycles. The number of nitrogens with two attached hydrogens (primary N) is 1. The smallest absolute Gasteiger partial charge is 0.265 e. The molecule has 1 aromatic heterocycles. The van der Waals surface area contributed by atoms with Crippen LogP contribution in [0.1, 0.15) is 16.1 Å². The van der Waals surface area contributed by atoms with Gasteiger partial charge in [0.15, 0.2) is 9.84 Å². The van der Waals surface area contributed by atoms with Crippen molar-refractivity contribution in [3.8, 4) is 0 Å². The van der Waals surface area contributed by atoms with E-state index in [1.807, 2.05) is 0 Å². The summed E-state index contributed by atoms with van der Waals surface area (Å²) in [6.45, 7) is 0. The van der Waals surface area contributed by atoms with Crippen LogP contribution < -0.4 is 10.6 Å². The number of amides is 1. The molecule has 2 heterocycles. The zero-order valence-electron chi connectivity index (χ0n) is 10.8. The maximum atomic E-state index is 12.0. The maximum absolute atomic E-state index is 12.0. The van der Waals surface area contributed by atoms with Crippen molar-refractivity contribution in [3.05, 3.63) is 22.4 Å². The molecule has 0 aromatic carbocycles. The summed E-state index contributed by atoms with van der Waals surface area (Å²) < 4.78 is 21.2. The zero-order chi connectivity index (χ0) is 15.7. The summed E-state index contributed by atoms with van der Waals surface area (Å²) in [4.78, 5) is 12.6. The largest absolute Gasteiger partial charge is 0.320 e. The normalized spacial score (nSPS) is 22.9. The predicted molar refractivity (Wildman–Crippen MR) is 84.8 cm³/mol. The SMILES string of the molecule is O=C(N[C@H]([NH2+][C@H]1CCS(=O)(=O)C1)C(Cl)(Cl)Cl)c1cccs1. The average molecular weight is 393 g/mol. The van der Waals surface area contributed by atoms with Gasteiger partial charge in [-0.2, -0.15) is 0 Å². The van der Waals surface area contributed by atoms with Gasteiger partial charge in [0.25, 0.3) is 9.70 Å². The molecule has 0 bridgehead atoms.